The van der Waals surface area contributed by atoms with E-state index in [9.17, 15) is 13.2 Å². The number of hydrogen-bond donors (Lipinski definition) is 1. The lowest BCUT2D eigenvalue weighted by Gasteiger charge is -2.25. The van der Waals surface area contributed by atoms with Gasteiger partial charge in [-0.05, 0) is 73.9 Å². The Kier molecular flexibility index (Phi) is 6.41. The van der Waals surface area contributed by atoms with E-state index in [1.807, 2.05) is 49.4 Å². The van der Waals surface area contributed by atoms with Gasteiger partial charge in [0.15, 0.2) is 0 Å². The van der Waals surface area contributed by atoms with E-state index in [4.69, 9.17) is 4.74 Å². The van der Waals surface area contributed by atoms with Crippen LogP contribution in [0.3, 0.4) is 0 Å². The van der Waals surface area contributed by atoms with E-state index in [-0.39, 0.29) is 11.3 Å². The van der Waals surface area contributed by atoms with Crippen LogP contribution in [0.1, 0.15) is 27.6 Å². The van der Waals surface area contributed by atoms with E-state index in [1.165, 1.54) is 11.8 Å². The minimum atomic E-state index is -3.77. The maximum absolute atomic E-state index is 13.2. The highest BCUT2D eigenvalue weighted by molar-refractivity contribution is 8.00. The fourth-order valence-electron chi connectivity index (χ4n) is 4.25. The molecule has 0 bridgehead atoms. The lowest BCUT2D eigenvalue weighted by molar-refractivity contribution is -0.115. The molecular weight excluding hydrogens is 456 g/mol. The van der Waals surface area contributed by atoms with Crippen LogP contribution >= 0.6 is 11.8 Å². The third-order valence-corrected chi connectivity index (χ3v) is 8.41. The van der Waals surface area contributed by atoms with Crippen LogP contribution in [0.4, 0.5) is 11.4 Å². The van der Waals surface area contributed by atoms with Crippen molar-refractivity contribution in [1.82, 2.24) is 0 Å². The number of ether oxygens (including phenoxy) is 1. The molecule has 1 amide bonds. The van der Waals surface area contributed by atoms with Crippen molar-refractivity contribution in [2.24, 2.45) is 0 Å². The molecule has 1 aliphatic heterocycles. The van der Waals surface area contributed by atoms with Crippen molar-refractivity contribution in [2.45, 2.75) is 31.0 Å². The van der Waals surface area contributed by atoms with Gasteiger partial charge in [0.25, 0.3) is 10.0 Å². The van der Waals surface area contributed by atoms with Gasteiger partial charge in [-0.2, -0.15) is 0 Å². The van der Waals surface area contributed by atoms with Crippen molar-refractivity contribution in [3.63, 3.8) is 0 Å². The van der Waals surface area contributed by atoms with Crippen LogP contribution in [0, 0.1) is 20.8 Å². The van der Waals surface area contributed by atoms with Gasteiger partial charge in [0.2, 0.25) is 5.91 Å². The molecule has 1 aliphatic rings. The zero-order chi connectivity index (χ0) is 23.8. The summed E-state index contributed by atoms with van der Waals surface area (Å²) in [5.41, 5.74) is 4.51. The van der Waals surface area contributed by atoms with E-state index >= 15 is 0 Å². The number of aryl methyl sites for hydroxylation is 3. The summed E-state index contributed by atoms with van der Waals surface area (Å²) in [6.45, 7) is 5.55. The number of carbonyl (C=O) groups excluding carboxylic acids is 1. The van der Waals surface area contributed by atoms with Gasteiger partial charge in [0, 0.05) is 11.4 Å². The second-order valence-electron chi connectivity index (χ2n) is 8.08. The van der Waals surface area contributed by atoms with Crippen LogP contribution in [0.2, 0.25) is 0 Å². The lowest BCUT2D eigenvalue weighted by atomic mass is 10.1. The maximum Gasteiger partial charge on any atom is 0.262 e. The normalized spacial score (nSPS) is 16.2. The first kappa shape index (κ1) is 23.2. The molecule has 6 nitrogen and oxygen atoms in total. The van der Waals surface area contributed by atoms with E-state index in [0.717, 1.165) is 16.8 Å². The fourth-order valence-corrected chi connectivity index (χ4v) is 6.92. The summed E-state index contributed by atoms with van der Waals surface area (Å²) in [4.78, 5) is 14.7. The Bertz CT molecular complexity index is 1280. The van der Waals surface area contributed by atoms with Crippen LogP contribution in [-0.4, -0.2) is 27.2 Å². The molecule has 0 aromatic heterocycles. The van der Waals surface area contributed by atoms with Crippen molar-refractivity contribution >= 4 is 39.1 Å². The van der Waals surface area contributed by atoms with Gasteiger partial charge in [0.1, 0.15) is 11.1 Å². The van der Waals surface area contributed by atoms with Crippen molar-refractivity contribution in [3.8, 4) is 5.75 Å². The molecule has 0 radical (unpaired) electrons. The van der Waals surface area contributed by atoms with Crippen LogP contribution in [0.25, 0.3) is 0 Å². The van der Waals surface area contributed by atoms with Gasteiger partial charge in [0.05, 0.1) is 17.8 Å². The molecule has 1 heterocycles. The highest BCUT2D eigenvalue weighted by atomic mass is 32.2. The number of hydrogen-bond acceptors (Lipinski definition) is 5. The average molecular weight is 483 g/mol. The highest BCUT2D eigenvalue weighted by Crippen LogP contribution is 2.42. The van der Waals surface area contributed by atoms with E-state index in [1.54, 1.807) is 44.1 Å². The Morgan fingerprint density at radius 3 is 2.30 bits per heavy atom. The number of anilines is 2. The van der Waals surface area contributed by atoms with E-state index in [2.05, 4.69) is 4.72 Å². The molecule has 8 heteroatoms. The smallest absolute Gasteiger partial charge is 0.262 e. The maximum atomic E-state index is 13.2. The highest BCUT2D eigenvalue weighted by Gasteiger charge is 2.34. The first-order valence-corrected chi connectivity index (χ1v) is 13.0. The standard InChI is InChI=1S/C25H26N2O4S2/c1-16-12-17(2)24(18(3)13-16)33(29,30)26-20-7-5-6-19(14-20)25-27(23(28)15-32-25)21-8-10-22(31-4)11-9-21/h5-14,25-26H,15H2,1-4H3/t25-/m1/s1. The van der Waals surface area contributed by atoms with E-state index in [0.29, 0.717) is 33.2 Å². The van der Waals surface area contributed by atoms with Gasteiger partial charge in [-0.15, -0.1) is 11.8 Å². The second kappa shape index (κ2) is 9.11. The monoisotopic (exact) mass is 482 g/mol. The number of carbonyl (C=O) groups is 1. The predicted octanol–water partition coefficient (Wildman–Crippen LogP) is 5.20. The first-order chi connectivity index (χ1) is 15.7. The Morgan fingerprint density at radius 1 is 1.00 bits per heavy atom. The van der Waals surface area contributed by atoms with Crippen LogP contribution < -0.4 is 14.4 Å². The quantitative estimate of drug-likeness (QED) is 0.523. The zero-order valence-corrected chi connectivity index (χ0v) is 20.6. The Hall–Kier alpha value is -2.97. The SMILES string of the molecule is COc1ccc(N2C(=O)CS[C@@H]2c2cccc(NS(=O)(=O)c3c(C)cc(C)cc3C)c2)cc1. The third kappa shape index (κ3) is 4.72. The van der Waals surface area contributed by atoms with Crippen molar-refractivity contribution < 1.29 is 17.9 Å². The van der Waals surface area contributed by atoms with Crippen LogP contribution in [0.15, 0.2) is 65.6 Å². The van der Waals surface area contributed by atoms with Crippen LogP contribution in [-0.2, 0) is 14.8 Å². The minimum Gasteiger partial charge on any atom is -0.497 e. The summed E-state index contributed by atoms with van der Waals surface area (Å²) in [5.74, 6) is 1.08. The Morgan fingerprint density at radius 2 is 1.67 bits per heavy atom. The topological polar surface area (TPSA) is 75.7 Å². The molecule has 0 aliphatic carbocycles. The molecule has 3 aromatic rings. The number of thioether (sulfide) groups is 1. The van der Waals surface area contributed by atoms with Crippen LogP contribution in [0.5, 0.6) is 5.75 Å². The first-order valence-electron chi connectivity index (χ1n) is 10.5. The molecule has 0 spiro atoms. The molecule has 1 fully saturated rings. The molecule has 0 unspecified atom stereocenters. The predicted molar refractivity (Wildman–Crippen MR) is 134 cm³/mol. The molecule has 1 N–H and O–H groups in total. The Labute approximate surface area is 199 Å². The van der Waals surface area contributed by atoms with Crippen molar-refractivity contribution in [2.75, 3.05) is 22.5 Å². The van der Waals surface area contributed by atoms with Crippen molar-refractivity contribution in [3.05, 3.63) is 82.9 Å². The molecule has 172 valence electrons. The molecule has 3 aromatic carbocycles. The summed E-state index contributed by atoms with van der Waals surface area (Å²) in [6, 6.07) is 18.3. The van der Waals surface area contributed by atoms with Gasteiger partial charge in [-0.25, -0.2) is 8.42 Å². The fraction of sp³-hybridized carbons (Fsp3) is 0.240. The number of sulfonamides is 1. The summed E-state index contributed by atoms with van der Waals surface area (Å²) in [6.07, 6.45) is 0. The molecule has 33 heavy (non-hydrogen) atoms. The zero-order valence-electron chi connectivity index (χ0n) is 19.0. The number of nitrogens with one attached hydrogen (secondary N) is 1. The number of nitrogens with zero attached hydrogens (tertiary/aromatic N) is 1. The summed E-state index contributed by atoms with van der Waals surface area (Å²) >= 11 is 1.51. The van der Waals surface area contributed by atoms with Gasteiger partial charge in [-0.1, -0.05) is 29.8 Å². The lowest BCUT2D eigenvalue weighted by Crippen LogP contribution is -2.27. The number of amides is 1. The average Bonchev–Trinajstić information content (AvgIpc) is 3.14. The molecule has 0 saturated carbocycles. The number of rotatable bonds is 6. The summed E-state index contributed by atoms with van der Waals surface area (Å²) in [5, 5.41) is -0.252. The molecule has 1 atom stereocenters. The molecule has 1 saturated heterocycles. The summed E-state index contributed by atoms with van der Waals surface area (Å²) in [7, 11) is -2.17. The largest absolute Gasteiger partial charge is 0.497 e. The van der Waals surface area contributed by atoms with Gasteiger partial charge in [-0.3, -0.25) is 14.4 Å². The third-order valence-electron chi connectivity index (χ3n) is 5.52. The number of methoxy groups -OCH3 is 1. The Balaban J connectivity index is 1.64. The summed E-state index contributed by atoms with van der Waals surface area (Å²) < 4.78 is 34.3. The molecular formula is C25H26N2O4S2. The van der Waals surface area contributed by atoms with Gasteiger partial charge < -0.3 is 4.74 Å². The van der Waals surface area contributed by atoms with E-state index < -0.39 is 10.0 Å². The van der Waals surface area contributed by atoms with Gasteiger partial charge >= 0.3 is 0 Å². The molecule has 4 rings (SSSR count). The second-order valence-corrected chi connectivity index (χ2v) is 10.8. The van der Waals surface area contributed by atoms with Crippen molar-refractivity contribution in [1.29, 1.82) is 0 Å². The minimum absolute atomic E-state index is 0.00653. The number of benzene rings is 3.